The molecule has 1 fully saturated rings. The summed E-state index contributed by atoms with van der Waals surface area (Å²) in [6, 6.07) is 0. The molecule has 0 aromatic heterocycles. The molecule has 35 heavy (non-hydrogen) atoms. The summed E-state index contributed by atoms with van der Waals surface area (Å²) in [4.78, 5) is 22.1. The molecule has 0 bridgehead atoms. The van der Waals surface area contributed by atoms with Gasteiger partial charge in [-0.05, 0) is 31.6 Å². The highest BCUT2D eigenvalue weighted by molar-refractivity contribution is 7.95. The standard InChI is InChI=1S/C27H53O6PS/c1-4-6-8-9-10-11-12-16-21-31-24(3)23-32-34(29,30)27(28)33-35-22-20-26(17-7-5-2)25-18-14-13-15-19-25/h24-26H,4-23H2,1-3H3,(H,29,30). The van der Waals surface area contributed by atoms with E-state index in [1.54, 1.807) is 6.92 Å². The van der Waals surface area contributed by atoms with E-state index in [1.807, 2.05) is 0 Å². The van der Waals surface area contributed by atoms with Gasteiger partial charge >= 0.3 is 13.3 Å². The highest BCUT2D eigenvalue weighted by atomic mass is 32.2. The summed E-state index contributed by atoms with van der Waals surface area (Å²) in [5.74, 6) is 2.07. The van der Waals surface area contributed by atoms with E-state index >= 15 is 0 Å². The van der Waals surface area contributed by atoms with E-state index in [0.29, 0.717) is 18.3 Å². The van der Waals surface area contributed by atoms with Crippen molar-refractivity contribution in [2.24, 2.45) is 11.8 Å². The normalized spacial score (nSPS) is 18.2. The molecule has 3 unspecified atom stereocenters. The first-order valence-electron chi connectivity index (χ1n) is 14.3. The van der Waals surface area contributed by atoms with E-state index in [9.17, 15) is 14.3 Å². The van der Waals surface area contributed by atoms with Crippen molar-refractivity contribution in [3.05, 3.63) is 0 Å². The summed E-state index contributed by atoms with van der Waals surface area (Å²) in [5.41, 5.74) is -1.18. The monoisotopic (exact) mass is 536 g/mol. The maximum atomic E-state index is 12.2. The second-order valence-corrected chi connectivity index (χ2v) is 12.7. The molecule has 1 aliphatic carbocycles. The lowest BCUT2D eigenvalue weighted by molar-refractivity contribution is 0.0275. The second kappa shape index (κ2) is 20.9. The Morgan fingerprint density at radius 3 is 2.23 bits per heavy atom. The molecular formula is C27H53O6PS. The maximum absolute atomic E-state index is 12.2. The lowest BCUT2D eigenvalue weighted by atomic mass is 9.77. The molecule has 0 radical (unpaired) electrons. The molecule has 0 spiro atoms. The lowest BCUT2D eigenvalue weighted by Crippen LogP contribution is -2.19. The number of carbonyl (C=O) groups is 1. The molecular weight excluding hydrogens is 483 g/mol. The van der Waals surface area contributed by atoms with Crippen molar-refractivity contribution in [2.75, 3.05) is 19.0 Å². The van der Waals surface area contributed by atoms with Gasteiger partial charge in [-0.15, -0.1) is 0 Å². The first-order chi connectivity index (χ1) is 16.9. The number of hydrogen-bond acceptors (Lipinski definition) is 6. The molecule has 3 atom stereocenters. The average Bonchev–Trinajstić information content (AvgIpc) is 2.86. The Hall–Kier alpha value is -0.0700. The lowest BCUT2D eigenvalue weighted by Gasteiger charge is -2.30. The third-order valence-corrected chi connectivity index (χ3v) is 8.91. The van der Waals surface area contributed by atoms with E-state index in [1.165, 1.54) is 89.9 Å². The summed E-state index contributed by atoms with van der Waals surface area (Å²) in [6.45, 7) is 6.71. The first kappa shape index (κ1) is 33.0. The van der Waals surface area contributed by atoms with Crippen LogP contribution < -0.4 is 0 Å². The summed E-state index contributed by atoms with van der Waals surface area (Å²) in [5, 5.41) is 0. The molecule has 0 aromatic carbocycles. The van der Waals surface area contributed by atoms with Crippen molar-refractivity contribution in [1.82, 2.24) is 0 Å². The number of carbonyl (C=O) groups excluding carboxylic acids is 1. The fourth-order valence-electron chi connectivity index (χ4n) is 4.85. The van der Waals surface area contributed by atoms with Gasteiger partial charge in [0.2, 0.25) is 0 Å². The smallest absolute Gasteiger partial charge is 0.382 e. The minimum atomic E-state index is -4.47. The van der Waals surface area contributed by atoms with Crippen molar-refractivity contribution in [3.8, 4) is 0 Å². The fourth-order valence-corrected chi connectivity index (χ4v) is 6.49. The number of unbranched alkanes of at least 4 members (excludes halogenated alkanes) is 8. The molecule has 0 amide bonds. The van der Waals surface area contributed by atoms with E-state index in [4.69, 9.17) is 13.4 Å². The second-order valence-electron chi connectivity index (χ2n) is 10.2. The molecule has 0 aliphatic heterocycles. The molecule has 0 heterocycles. The zero-order chi connectivity index (χ0) is 25.8. The summed E-state index contributed by atoms with van der Waals surface area (Å²) >= 11 is 0.983. The van der Waals surface area contributed by atoms with Gasteiger partial charge in [0, 0.05) is 12.4 Å². The molecule has 0 aromatic rings. The highest BCUT2D eigenvalue weighted by Gasteiger charge is 2.34. The van der Waals surface area contributed by atoms with Crippen LogP contribution in [0.2, 0.25) is 0 Å². The minimum Gasteiger partial charge on any atom is -0.382 e. The predicted molar refractivity (Wildman–Crippen MR) is 147 cm³/mol. The van der Waals surface area contributed by atoms with Crippen LogP contribution in [0.3, 0.4) is 0 Å². The highest BCUT2D eigenvalue weighted by Crippen LogP contribution is 2.45. The van der Waals surface area contributed by atoms with Gasteiger partial charge in [-0.25, -0.2) is 9.36 Å². The number of hydrogen-bond donors (Lipinski definition) is 1. The van der Waals surface area contributed by atoms with Crippen LogP contribution in [-0.2, 0) is 18.0 Å². The zero-order valence-electron chi connectivity index (χ0n) is 22.7. The molecule has 1 N–H and O–H groups in total. The SMILES string of the molecule is CCCCCCCCCCOC(C)COP(=O)(O)C(=O)OSCCC(CCCC)C1CCCCC1. The maximum Gasteiger partial charge on any atom is 0.437 e. The number of rotatable bonds is 22. The molecule has 8 heteroatoms. The fraction of sp³-hybridized carbons (Fsp3) is 0.963. The van der Waals surface area contributed by atoms with E-state index in [2.05, 4.69) is 13.8 Å². The quantitative estimate of drug-likeness (QED) is 0.0838. The Balaban J connectivity index is 2.17. The average molecular weight is 537 g/mol. The zero-order valence-corrected chi connectivity index (χ0v) is 24.4. The van der Waals surface area contributed by atoms with Crippen LogP contribution in [0.4, 0.5) is 4.79 Å². The third kappa shape index (κ3) is 16.4. The topological polar surface area (TPSA) is 82.1 Å². The predicted octanol–water partition coefficient (Wildman–Crippen LogP) is 9.30. The molecule has 1 rings (SSSR count). The van der Waals surface area contributed by atoms with Crippen LogP contribution in [-0.4, -0.2) is 35.7 Å². The minimum absolute atomic E-state index is 0.106. The largest absolute Gasteiger partial charge is 0.437 e. The van der Waals surface area contributed by atoms with Crippen molar-refractivity contribution >= 4 is 25.3 Å². The van der Waals surface area contributed by atoms with Gasteiger partial charge in [0.25, 0.3) is 0 Å². The van der Waals surface area contributed by atoms with Crippen LogP contribution in [0.25, 0.3) is 0 Å². The molecule has 1 saturated carbocycles. The Morgan fingerprint density at radius 2 is 1.57 bits per heavy atom. The van der Waals surface area contributed by atoms with Gasteiger partial charge in [-0.1, -0.05) is 110 Å². The van der Waals surface area contributed by atoms with Crippen LogP contribution in [0.5, 0.6) is 0 Å². The number of ether oxygens (including phenoxy) is 1. The molecule has 0 saturated heterocycles. The van der Waals surface area contributed by atoms with Crippen LogP contribution >= 0.6 is 19.6 Å². The van der Waals surface area contributed by atoms with Crippen LogP contribution in [0, 0.1) is 11.8 Å². The van der Waals surface area contributed by atoms with Gasteiger partial charge in [-0.3, -0.25) is 4.52 Å². The van der Waals surface area contributed by atoms with Gasteiger partial charge in [-0.2, -0.15) is 0 Å². The Kier molecular flexibility index (Phi) is 19.7. The van der Waals surface area contributed by atoms with Crippen molar-refractivity contribution in [3.63, 3.8) is 0 Å². The molecule has 1 aliphatic rings. The Morgan fingerprint density at radius 1 is 0.943 bits per heavy atom. The summed E-state index contributed by atoms with van der Waals surface area (Å²) in [7, 11) is -4.47. The molecule has 6 nitrogen and oxygen atoms in total. The van der Waals surface area contributed by atoms with Gasteiger partial charge < -0.3 is 13.8 Å². The van der Waals surface area contributed by atoms with Crippen molar-refractivity contribution in [1.29, 1.82) is 0 Å². The van der Waals surface area contributed by atoms with Crippen LogP contribution in [0.15, 0.2) is 0 Å². The van der Waals surface area contributed by atoms with Crippen LogP contribution in [0.1, 0.15) is 130 Å². The van der Waals surface area contributed by atoms with Crippen molar-refractivity contribution < 1.29 is 27.7 Å². The Bertz CT molecular complexity index is 570. The summed E-state index contributed by atoms with van der Waals surface area (Å²) < 4.78 is 28.0. The van der Waals surface area contributed by atoms with Gasteiger partial charge in [0.1, 0.15) is 0 Å². The van der Waals surface area contributed by atoms with Gasteiger partial charge in [0.05, 0.1) is 24.8 Å². The van der Waals surface area contributed by atoms with E-state index in [0.717, 1.165) is 37.2 Å². The van der Waals surface area contributed by atoms with E-state index in [-0.39, 0.29) is 12.7 Å². The van der Waals surface area contributed by atoms with Crippen molar-refractivity contribution in [2.45, 2.75) is 136 Å². The summed E-state index contributed by atoms with van der Waals surface area (Å²) in [6.07, 6.45) is 20.6. The first-order valence-corrected chi connectivity index (χ1v) is 16.8. The molecule has 208 valence electrons. The van der Waals surface area contributed by atoms with Gasteiger partial charge in [0.15, 0.2) is 0 Å². The third-order valence-electron chi connectivity index (χ3n) is 7.06. The van der Waals surface area contributed by atoms with E-state index < -0.39 is 13.3 Å². The Labute approximate surface area is 219 Å².